The van der Waals surface area contributed by atoms with Crippen LogP contribution in [0.2, 0.25) is 0 Å². The number of nitrogens with zero attached hydrogens (tertiary/aromatic N) is 2. The quantitative estimate of drug-likeness (QED) is 0.929. The summed E-state index contributed by atoms with van der Waals surface area (Å²) >= 11 is 0. The number of halogens is 3. The van der Waals surface area contributed by atoms with Crippen LogP contribution in [-0.4, -0.2) is 21.7 Å². The zero-order valence-corrected chi connectivity index (χ0v) is 12.4. The summed E-state index contributed by atoms with van der Waals surface area (Å²) in [5, 5.41) is 6.32. The van der Waals surface area contributed by atoms with Crippen LogP contribution >= 0.6 is 0 Å². The lowest BCUT2D eigenvalue weighted by Gasteiger charge is -2.28. The van der Waals surface area contributed by atoms with E-state index in [0.717, 1.165) is 23.1 Å². The van der Waals surface area contributed by atoms with Crippen molar-refractivity contribution in [1.29, 1.82) is 0 Å². The summed E-state index contributed by atoms with van der Waals surface area (Å²) in [5.41, 5.74) is -0.971. The van der Waals surface area contributed by atoms with E-state index in [1.165, 1.54) is 25.5 Å². The van der Waals surface area contributed by atoms with Gasteiger partial charge in [0, 0.05) is 12.2 Å². The maximum atomic E-state index is 12.5. The summed E-state index contributed by atoms with van der Waals surface area (Å²) < 4.78 is 38.4. The van der Waals surface area contributed by atoms with Gasteiger partial charge in [0.2, 0.25) is 5.91 Å². The molecule has 1 heterocycles. The van der Waals surface area contributed by atoms with Crippen LogP contribution in [0.5, 0.6) is 0 Å². The van der Waals surface area contributed by atoms with E-state index in [0.29, 0.717) is 11.8 Å². The second-order valence-corrected chi connectivity index (χ2v) is 6.59. The summed E-state index contributed by atoms with van der Waals surface area (Å²) in [6.45, 7) is 1.81. The van der Waals surface area contributed by atoms with Crippen molar-refractivity contribution in [2.75, 3.05) is 0 Å². The van der Waals surface area contributed by atoms with E-state index in [4.69, 9.17) is 0 Å². The first-order chi connectivity index (χ1) is 10.3. The molecule has 2 aliphatic rings. The Morgan fingerprint density at radius 3 is 2.77 bits per heavy atom. The fourth-order valence-electron chi connectivity index (χ4n) is 4.06. The zero-order valence-electron chi connectivity index (χ0n) is 12.4. The normalized spacial score (nSPS) is 28.8. The van der Waals surface area contributed by atoms with E-state index in [2.05, 4.69) is 10.4 Å². The summed E-state index contributed by atoms with van der Waals surface area (Å²) in [6.07, 6.45) is 1.67. The smallest absolute Gasteiger partial charge is 0.352 e. The van der Waals surface area contributed by atoms with Crippen molar-refractivity contribution in [1.82, 2.24) is 15.1 Å². The van der Waals surface area contributed by atoms with Crippen LogP contribution in [0.4, 0.5) is 13.2 Å². The molecular weight excluding hydrogens is 295 g/mol. The molecule has 1 aromatic heterocycles. The average Bonchev–Trinajstić information content (AvgIpc) is 3.12. The zero-order chi connectivity index (χ0) is 15.9. The van der Waals surface area contributed by atoms with E-state index < -0.39 is 11.9 Å². The van der Waals surface area contributed by atoms with Gasteiger partial charge in [0.15, 0.2) is 5.69 Å². The molecule has 1 N–H and O–H groups in total. The number of hydrogen-bond acceptors (Lipinski definition) is 2. The van der Waals surface area contributed by atoms with Gasteiger partial charge in [-0.05, 0) is 50.0 Å². The minimum atomic E-state index is -4.47. The molecule has 2 aliphatic carbocycles. The van der Waals surface area contributed by atoms with Crippen molar-refractivity contribution in [2.24, 2.45) is 17.8 Å². The number of amides is 1. The lowest BCUT2D eigenvalue weighted by molar-refractivity contribution is -0.141. The van der Waals surface area contributed by atoms with Crippen molar-refractivity contribution < 1.29 is 18.0 Å². The molecule has 7 heteroatoms. The first-order valence-electron chi connectivity index (χ1n) is 7.73. The highest BCUT2D eigenvalue weighted by atomic mass is 19.4. The molecule has 1 amide bonds. The molecule has 2 fully saturated rings. The third-order valence-electron chi connectivity index (χ3n) is 5.06. The fraction of sp³-hybridized carbons (Fsp3) is 0.733. The van der Waals surface area contributed by atoms with Crippen LogP contribution in [0.1, 0.15) is 38.3 Å². The highest BCUT2D eigenvalue weighted by Crippen LogP contribution is 2.49. The summed E-state index contributed by atoms with van der Waals surface area (Å²) in [5.74, 6) is 1.72. The summed E-state index contributed by atoms with van der Waals surface area (Å²) in [4.78, 5) is 12.0. The van der Waals surface area contributed by atoms with Gasteiger partial charge in [-0.3, -0.25) is 9.48 Å². The predicted octanol–water partition coefficient (Wildman–Crippen LogP) is 2.84. The van der Waals surface area contributed by atoms with Crippen molar-refractivity contribution >= 4 is 5.91 Å². The molecule has 0 radical (unpaired) electrons. The Morgan fingerprint density at radius 2 is 2.23 bits per heavy atom. The monoisotopic (exact) mass is 315 g/mol. The van der Waals surface area contributed by atoms with Gasteiger partial charge in [-0.15, -0.1) is 0 Å². The lowest BCUT2D eigenvalue weighted by atomic mass is 9.84. The Kier molecular flexibility index (Phi) is 3.91. The number of fused-ring (bicyclic) bond motifs is 2. The molecule has 0 unspecified atom stereocenters. The Balaban J connectivity index is 1.53. The Hall–Kier alpha value is -1.53. The molecule has 0 aromatic carbocycles. The summed E-state index contributed by atoms with van der Waals surface area (Å²) in [7, 11) is 0. The van der Waals surface area contributed by atoms with Crippen LogP contribution in [0.15, 0.2) is 12.3 Å². The minimum absolute atomic E-state index is 0.0699. The van der Waals surface area contributed by atoms with E-state index >= 15 is 0 Å². The highest BCUT2D eigenvalue weighted by Gasteiger charge is 2.42. The van der Waals surface area contributed by atoms with Gasteiger partial charge >= 0.3 is 6.18 Å². The number of carbonyl (C=O) groups is 1. The first-order valence-corrected chi connectivity index (χ1v) is 7.73. The third-order valence-corrected chi connectivity index (χ3v) is 5.06. The second kappa shape index (κ2) is 5.59. The number of rotatable bonds is 4. The average molecular weight is 315 g/mol. The van der Waals surface area contributed by atoms with E-state index in [9.17, 15) is 18.0 Å². The molecule has 0 spiro atoms. The second-order valence-electron chi connectivity index (χ2n) is 6.59. The number of carbonyl (C=O) groups excluding carboxylic acids is 1. The largest absolute Gasteiger partial charge is 0.435 e. The van der Waals surface area contributed by atoms with Crippen LogP contribution in [-0.2, 0) is 17.5 Å². The molecule has 4 nitrogen and oxygen atoms in total. The third kappa shape index (κ3) is 3.13. The minimum Gasteiger partial charge on any atom is -0.352 e. The van der Waals surface area contributed by atoms with Crippen LogP contribution < -0.4 is 5.32 Å². The molecule has 4 atom stereocenters. The molecule has 0 saturated heterocycles. The summed E-state index contributed by atoms with van der Waals surface area (Å²) in [6, 6.07) is 0.951. The van der Waals surface area contributed by atoms with Crippen molar-refractivity contribution in [2.45, 2.75) is 51.4 Å². The standard InChI is InChI=1S/C15H20F3N3O/c1-9(12-7-10-2-3-11(12)6-10)19-14(22)8-21-5-4-13(20-21)15(16,17)18/h4-5,9-12H,2-3,6-8H2,1H3,(H,19,22)/t9-,10+,11+,12-/m1/s1. The van der Waals surface area contributed by atoms with E-state index in [-0.39, 0.29) is 18.5 Å². The number of alkyl halides is 3. The Morgan fingerprint density at radius 1 is 1.45 bits per heavy atom. The molecule has 122 valence electrons. The van der Waals surface area contributed by atoms with Crippen molar-refractivity contribution in [3.63, 3.8) is 0 Å². The lowest BCUT2D eigenvalue weighted by Crippen LogP contribution is -2.41. The van der Waals surface area contributed by atoms with Crippen LogP contribution in [0.25, 0.3) is 0 Å². The number of hydrogen-bond donors (Lipinski definition) is 1. The van der Waals surface area contributed by atoms with Gasteiger partial charge in [0.1, 0.15) is 6.54 Å². The van der Waals surface area contributed by atoms with Gasteiger partial charge in [-0.1, -0.05) is 6.42 Å². The SMILES string of the molecule is C[C@@H](NC(=O)Cn1ccc(C(F)(F)F)n1)[C@H]1C[C@H]2CC[C@H]1C2. The van der Waals surface area contributed by atoms with Gasteiger partial charge in [-0.25, -0.2) is 0 Å². The Bertz CT molecular complexity index is 554. The molecule has 22 heavy (non-hydrogen) atoms. The molecule has 2 saturated carbocycles. The van der Waals surface area contributed by atoms with E-state index in [1.54, 1.807) is 0 Å². The van der Waals surface area contributed by atoms with E-state index in [1.807, 2.05) is 6.92 Å². The first kappa shape index (κ1) is 15.4. The maximum absolute atomic E-state index is 12.5. The van der Waals surface area contributed by atoms with Crippen molar-refractivity contribution in [3.05, 3.63) is 18.0 Å². The molecule has 2 bridgehead atoms. The van der Waals surface area contributed by atoms with Gasteiger partial charge in [0.05, 0.1) is 0 Å². The molecule has 0 aliphatic heterocycles. The fourth-order valence-corrected chi connectivity index (χ4v) is 4.06. The molecule has 1 aromatic rings. The molecule has 3 rings (SSSR count). The number of nitrogens with one attached hydrogen (secondary N) is 1. The highest BCUT2D eigenvalue weighted by molar-refractivity contribution is 5.75. The van der Waals surface area contributed by atoms with Crippen LogP contribution in [0.3, 0.4) is 0 Å². The van der Waals surface area contributed by atoms with Crippen LogP contribution in [0, 0.1) is 17.8 Å². The van der Waals surface area contributed by atoms with Crippen molar-refractivity contribution in [3.8, 4) is 0 Å². The van der Waals surface area contributed by atoms with Gasteiger partial charge < -0.3 is 5.32 Å². The number of aromatic nitrogens is 2. The molecular formula is C15H20F3N3O. The maximum Gasteiger partial charge on any atom is 0.435 e. The predicted molar refractivity (Wildman–Crippen MR) is 73.8 cm³/mol. The van der Waals surface area contributed by atoms with Gasteiger partial charge in [-0.2, -0.15) is 18.3 Å². The Labute approximate surface area is 127 Å². The van der Waals surface area contributed by atoms with Gasteiger partial charge in [0.25, 0.3) is 0 Å². The topological polar surface area (TPSA) is 46.9 Å².